The number of hydrogen-bond donors (Lipinski definition) is 5. The normalized spacial score (nSPS) is 12.2. The van der Waals surface area contributed by atoms with Crippen LogP contribution in [-0.2, 0) is 9.59 Å². The molecule has 0 aliphatic heterocycles. The van der Waals surface area contributed by atoms with Crippen LogP contribution in [0, 0.1) is 0 Å². The zero-order chi connectivity index (χ0) is 10.3. The Labute approximate surface area is 87.1 Å². The predicted octanol–water partition coefficient (Wildman–Crippen LogP) is -1.04. The first kappa shape index (κ1) is 12.6. The quantitative estimate of drug-likeness (QED) is 0.295. The summed E-state index contributed by atoms with van der Waals surface area (Å²) in [5.74, 6) is -0.846. The molecule has 0 aromatic rings. The highest BCUT2D eigenvalue weighted by Crippen LogP contribution is 1.88. The maximum atomic E-state index is 11.1. The summed E-state index contributed by atoms with van der Waals surface area (Å²) in [4.78, 5) is 21.3. The number of aliphatic carboxylic acids is 1. The molecule has 0 heterocycles. The van der Waals surface area contributed by atoms with Crippen molar-refractivity contribution in [1.82, 2.24) is 10.6 Å². The standard InChI is InChI=1S/C6H12N2O3S2/c9-5(10)1-7-4(2-12)6(11)8-3-13/h4,7,12-13H,1-3H2,(H,8,11)(H,9,10). The van der Waals surface area contributed by atoms with Crippen LogP contribution in [0.25, 0.3) is 0 Å². The van der Waals surface area contributed by atoms with Gasteiger partial charge in [0.25, 0.3) is 0 Å². The molecule has 0 aromatic carbocycles. The Hall–Kier alpha value is -0.400. The minimum atomic E-state index is -1.01. The molecular weight excluding hydrogens is 212 g/mol. The van der Waals surface area contributed by atoms with Crippen LogP contribution in [0.15, 0.2) is 0 Å². The summed E-state index contributed by atoms with van der Waals surface area (Å²) >= 11 is 7.71. The van der Waals surface area contributed by atoms with E-state index in [1.165, 1.54) is 0 Å². The van der Waals surface area contributed by atoms with Crippen molar-refractivity contribution in [2.75, 3.05) is 18.2 Å². The van der Waals surface area contributed by atoms with Crippen molar-refractivity contribution in [3.63, 3.8) is 0 Å². The van der Waals surface area contributed by atoms with Gasteiger partial charge in [-0.15, -0.1) is 0 Å². The monoisotopic (exact) mass is 224 g/mol. The van der Waals surface area contributed by atoms with E-state index in [4.69, 9.17) is 5.11 Å². The smallest absolute Gasteiger partial charge is 0.317 e. The fraction of sp³-hybridized carbons (Fsp3) is 0.667. The summed E-state index contributed by atoms with van der Waals surface area (Å²) in [7, 11) is 0. The second-order valence-corrected chi connectivity index (χ2v) is 2.89. The summed E-state index contributed by atoms with van der Waals surface area (Å²) < 4.78 is 0. The summed E-state index contributed by atoms with van der Waals surface area (Å²) in [6, 6.07) is -0.591. The highest BCUT2D eigenvalue weighted by Gasteiger charge is 2.15. The van der Waals surface area contributed by atoms with E-state index in [0.29, 0.717) is 0 Å². The van der Waals surface area contributed by atoms with Gasteiger partial charge in [0.05, 0.1) is 18.5 Å². The molecule has 0 aromatic heterocycles. The van der Waals surface area contributed by atoms with Gasteiger partial charge < -0.3 is 10.4 Å². The average molecular weight is 224 g/mol. The lowest BCUT2D eigenvalue weighted by atomic mass is 10.3. The molecule has 0 aliphatic rings. The number of rotatable bonds is 6. The van der Waals surface area contributed by atoms with Crippen molar-refractivity contribution in [1.29, 1.82) is 0 Å². The molecule has 1 amide bonds. The Bertz CT molecular complexity index is 189. The van der Waals surface area contributed by atoms with Crippen LogP contribution in [0.2, 0.25) is 0 Å². The van der Waals surface area contributed by atoms with Crippen molar-refractivity contribution in [2.24, 2.45) is 0 Å². The Kier molecular flexibility index (Phi) is 6.83. The topological polar surface area (TPSA) is 78.4 Å². The fourth-order valence-corrected chi connectivity index (χ4v) is 1.10. The summed E-state index contributed by atoms with van der Waals surface area (Å²) in [5, 5.41) is 13.3. The van der Waals surface area contributed by atoms with E-state index in [2.05, 4.69) is 35.9 Å². The van der Waals surface area contributed by atoms with Crippen LogP contribution in [0.5, 0.6) is 0 Å². The highest BCUT2D eigenvalue weighted by molar-refractivity contribution is 7.80. The Morgan fingerprint density at radius 2 is 2.00 bits per heavy atom. The number of carbonyl (C=O) groups excluding carboxylic acids is 1. The minimum Gasteiger partial charge on any atom is -0.480 e. The second-order valence-electron chi connectivity index (χ2n) is 2.21. The third-order valence-electron chi connectivity index (χ3n) is 1.25. The molecule has 5 nitrogen and oxygen atoms in total. The van der Waals surface area contributed by atoms with Crippen LogP contribution in [0.3, 0.4) is 0 Å². The maximum Gasteiger partial charge on any atom is 0.317 e. The van der Waals surface area contributed by atoms with Crippen molar-refractivity contribution >= 4 is 37.1 Å². The number of amides is 1. The van der Waals surface area contributed by atoms with Gasteiger partial charge in [-0.2, -0.15) is 25.3 Å². The molecule has 1 atom stereocenters. The predicted molar refractivity (Wildman–Crippen MR) is 55.3 cm³/mol. The van der Waals surface area contributed by atoms with Gasteiger partial charge >= 0.3 is 5.97 Å². The third kappa shape index (κ3) is 5.78. The highest BCUT2D eigenvalue weighted by atomic mass is 32.1. The number of hydrogen-bond acceptors (Lipinski definition) is 5. The molecule has 0 fully saturated rings. The van der Waals surface area contributed by atoms with Gasteiger partial charge in [0.15, 0.2) is 0 Å². The maximum absolute atomic E-state index is 11.1. The van der Waals surface area contributed by atoms with Crippen molar-refractivity contribution in [3.8, 4) is 0 Å². The lowest BCUT2D eigenvalue weighted by Gasteiger charge is -2.13. The van der Waals surface area contributed by atoms with E-state index in [-0.39, 0.29) is 24.1 Å². The van der Waals surface area contributed by atoms with Gasteiger partial charge in [-0.05, 0) is 0 Å². The zero-order valence-electron chi connectivity index (χ0n) is 6.86. The Balaban J connectivity index is 3.87. The van der Waals surface area contributed by atoms with Gasteiger partial charge in [-0.3, -0.25) is 14.9 Å². The number of carbonyl (C=O) groups is 2. The summed E-state index contributed by atoms with van der Waals surface area (Å²) in [6.07, 6.45) is 0. The van der Waals surface area contributed by atoms with Crippen LogP contribution in [-0.4, -0.2) is 41.2 Å². The average Bonchev–Trinajstić information content (AvgIpc) is 2.05. The number of thiol groups is 2. The number of carboxylic acids is 1. The molecule has 0 bridgehead atoms. The molecule has 3 N–H and O–H groups in total. The second kappa shape index (κ2) is 7.05. The largest absolute Gasteiger partial charge is 0.480 e. The van der Waals surface area contributed by atoms with Crippen molar-refractivity contribution in [2.45, 2.75) is 6.04 Å². The molecule has 13 heavy (non-hydrogen) atoms. The summed E-state index contributed by atoms with van der Waals surface area (Å²) in [5.41, 5.74) is 0. The van der Waals surface area contributed by atoms with Gasteiger partial charge in [-0.1, -0.05) is 0 Å². The lowest BCUT2D eigenvalue weighted by molar-refractivity contribution is -0.136. The van der Waals surface area contributed by atoms with E-state index in [0.717, 1.165) is 0 Å². The minimum absolute atomic E-state index is 0.220. The zero-order valence-corrected chi connectivity index (χ0v) is 8.65. The molecule has 0 aliphatic carbocycles. The molecule has 0 rings (SSSR count). The summed E-state index contributed by atoms with van der Waals surface area (Å²) in [6.45, 7) is -0.259. The Morgan fingerprint density at radius 1 is 1.38 bits per heavy atom. The van der Waals surface area contributed by atoms with E-state index >= 15 is 0 Å². The van der Waals surface area contributed by atoms with Crippen LogP contribution >= 0.6 is 25.3 Å². The molecule has 0 radical (unpaired) electrons. The molecule has 0 saturated heterocycles. The number of carboxylic acid groups (broad SMARTS) is 1. The van der Waals surface area contributed by atoms with E-state index < -0.39 is 12.0 Å². The SMILES string of the molecule is O=C(O)CNC(CS)C(=O)NCS. The first-order valence-electron chi connectivity index (χ1n) is 3.56. The van der Waals surface area contributed by atoms with Crippen LogP contribution in [0.4, 0.5) is 0 Å². The van der Waals surface area contributed by atoms with Gasteiger partial charge in [-0.25, -0.2) is 0 Å². The van der Waals surface area contributed by atoms with Crippen LogP contribution in [0.1, 0.15) is 0 Å². The van der Waals surface area contributed by atoms with Crippen molar-refractivity contribution < 1.29 is 14.7 Å². The van der Waals surface area contributed by atoms with Gasteiger partial charge in [0, 0.05) is 5.75 Å². The number of nitrogens with one attached hydrogen (secondary N) is 2. The lowest BCUT2D eigenvalue weighted by Crippen LogP contribution is -2.46. The molecular formula is C6H12N2O3S2. The fourth-order valence-electron chi connectivity index (χ4n) is 0.652. The van der Waals surface area contributed by atoms with E-state index in [9.17, 15) is 9.59 Å². The van der Waals surface area contributed by atoms with E-state index in [1.807, 2.05) is 0 Å². The van der Waals surface area contributed by atoms with Gasteiger partial charge in [0.1, 0.15) is 0 Å². The van der Waals surface area contributed by atoms with E-state index in [1.54, 1.807) is 0 Å². The molecule has 7 heteroatoms. The molecule has 76 valence electrons. The first-order chi connectivity index (χ1) is 6.11. The van der Waals surface area contributed by atoms with Crippen molar-refractivity contribution in [3.05, 3.63) is 0 Å². The first-order valence-corrected chi connectivity index (χ1v) is 4.83. The molecule has 0 saturated carbocycles. The third-order valence-corrected chi connectivity index (χ3v) is 1.78. The van der Waals surface area contributed by atoms with Gasteiger partial charge in [0.2, 0.25) is 5.91 Å². The van der Waals surface area contributed by atoms with Crippen LogP contribution < -0.4 is 10.6 Å². The Morgan fingerprint density at radius 3 is 2.38 bits per heavy atom. The molecule has 0 spiro atoms. The molecule has 1 unspecified atom stereocenters.